The van der Waals surface area contributed by atoms with Gasteiger partial charge in [-0.3, -0.25) is 9.59 Å². The van der Waals surface area contributed by atoms with Crippen LogP contribution < -0.4 is 5.32 Å². The van der Waals surface area contributed by atoms with Crippen molar-refractivity contribution in [1.29, 1.82) is 0 Å². The van der Waals surface area contributed by atoms with E-state index in [0.29, 0.717) is 6.61 Å². The Bertz CT molecular complexity index is 243. The van der Waals surface area contributed by atoms with E-state index in [2.05, 4.69) is 5.32 Å². The van der Waals surface area contributed by atoms with E-state index in [1.54, 1.807) is 6.92 Å². The molecule has 16 heavy (non-hydrogen) atoms. The van der Waals surface area contributed by atoms with Crippen molar-refractivity contribution in [2.24, 2.45) is 0 Å². The lowest BCUT2D eigenvalue weighted by Gasteiger charge is -2.28. The number of methoxy groups -OCH3 is 2. The standard InChI is InChI=1S/C10H19NO5/c1-10(7-16-3,6-9(13)14)11-8(12)4-5-15-2/h4-7H2,1-3H3,(H,11,12)(H,13,14). The van der Waals surface area contributed by atoms with Gasteiger partial charge in [-0.1, -0.05) is 0 Å². The van der Waals surface area contributed by atoms with Crippen molar-refractivity contribution in [3.63, 3.8) is 0 Å². The highest BCUT2D eigenvalue weighted by molar-refractivity contribution is 5.78. The SMILES string of the molecule is COCCC(=O)NC(C)(COC)CC(=O)O. The fourth-order valence-electron chi connectivity index (χ4n) is 1.38. The van der Waals surface area contributed by atoms with Crippen LogP contribution in [0, 0.1) is 0 Å². The van der Waals surface area contributed by atoms with Gasteiger partial charge in [0, 0.05) is 20.6 Å². The van der Waals surface area contributed by atoms with Crippen LogP contribution in [0.3, 0.4) is 0 Å². The van der Waals surface area contributed by atoms with Crippen LogP contribution in [0.1, 0.15) is 19.8 Å². The molecule has 6 heteroatoms. The van der Waals surface area contributed by atoms with E-state index in [1.165, 1.54) is 14.2 Å². The molecule has 0 aromatic heterocycles. The highest BCUT2D eigenvalue weighted by atomic mass is 16.5. The number of aliphatic carboxylic acids is 1. The van der Waals surface area contributed by atoms with E-state index >= 15 is 0 Å². The Kier molecular flexibility index (Phi) is 6.67. The number of hydrogen-bond acceptors (Lipinski definition) is 4. The lowest BCUT2D eigenvalue weighted by atomic mass is 9.99. The topological polar surface area (TPSA) is 84.9 Å². The number of carboxylic acids is 1. The van der Waals surface area contributed by atoms with Gasteiger partial charge in [0.1, 0.15) is 0 Å². The summed E-state index contributed by atoms with van der Waals surface area (Å²) in [7, 11) is 2.96. The normalized spacial score (nSPS) is 14.2. The monoisotopic (exact) mass is 233 g/mol. The lowest BCUT2D eigenvalue weighted by molar-refractivity contribution is -0.139. The third-order valence-corrected chi connectivity index (χ3v) is 1.98. The molecule has 2 N–H and O–H groups in total. The summed E-state index contributed by atoms with van der Waals surface area (Å²) in [5.41, 5.74) is -0.884. The molecule has 0 aliphatic heterocycles. The van der Waals surface area contributed by atoms with E-state index in [9.17, 15) is 9.59 Å². The van der Waals surface area contributed by atoms with Gasteiger partial charge in [0.15, 0.2) is 0 Å². The zero-order valence-corrected chi connectivity index (χ0v) is 9.91. The van der Waals surface area contributed by atoms with Crippen LogP contribution in [0.2, 0.25) is 0 Å². The highest BCUT2D eigenvalue weighted by Crippen LogP contribution is 2.10. The second-order valence-corrected chi connectivity index (χ2v) is 3.86. The van der Waals surface area contributed by atoms with Crippen LogP contribution in [0.25, 0.3) is 0 Å². The molecule has 0 heterocycles. The number of carbonyl (C=O) groups is 2. The largest absolute Gasteiger partial charge is 0.481 e. The van der Waals surface area contributed by atoms with Gasteiger partial charge in [0.05, 0.1) is 25.2 Å². The summed E-state index contributed by atoms with van der Waals surface area (Å²) in [4.78, 5) is 22.1. The molecule has 0 aromatic carbocycles. The van der Waals surface area contributed by atoms with Gasteiger partial charge >= 0.3 is 5.97 Å². The lowest BCUT2D eigenvalue weighted by Crippen LogP contribution is -2.50. The van der Waals surface area contributed by atoms with Crippen molar-refractivity contribution >= 4 is 11.9 Å². The molecule has 0 spiro atoms. The quantitative estimate of drug-likeness (QED) is 0.617. The molecule has 1 amide bonds. The first-order valence-electron chi connectivity index (χ1n) is 4.94. The molecule has 0 aromatic rings. The van der Waals surface area contributed by atoms with Crippen molar-refractivity contribution in [3.05, 3.63) is 0 Å². The van der Waals surface area contributed by atoms with Gasteiger partial charge in [-0.05, 0) is 6.92 Å². The summed E-state index contributed by atoms with van der Waals surface area (Å²) in [5, 5.41) is 11.4. The number of hydrogen-bond donors (Lipinski definition) is 2. The summed E-state index contributed by atoms with van der Waals surface area (Å²) < 4.78 is 9.66. The molecule has 0 saturated carbocycles. The van der Waals surface area contributed by atoms with E-state index in [0.717, 1.165) is 0 Å². The average Bonchev–Trinajstić information content (AvgIpc) is 2.13. The van der Waals surface area contributed by atoms with Crippen LogP contribution in [0.4, 0.5) is 0 Å². The summed E-state index contributed by atoms with van der Waals surface area (Å²) in [6, 6.07) is 0. The Morgan fingerprint density at radius 2 is 1.94 bits per heavy atom. The van der Waals surface area contributed by atoms with Gasteiger partial charge in [-0.25, -0.2) is 0 Å². The fraction of sp³-hybridized carbons (Fsp3) is 0.800. The number of carboxylic acid groups (broad SMARTS) is 1. The molecule has 0 saturated heterocycles. The van der Waals surface area contributed by atoms with Gasteiger partial charge in [0.25, 0.3) is 0 Å². The van der Waals surface area contributed by atoms with E-state index < -0.39 is 11.5 Å². The van der Waals surface area contributed by atoms with Crippen molar-refractivity contribution in [2.45, 2.75) is 25.3 Å². The third kappa shape index (κ3) is 6.36. The molecular formula is C10H19NO5. The predicted molar refractivity (Wildman–Crippen MR) is 57.2 cm³/mol. The highest BCUT2D eigenvalue weighted by Gasteiger charge is 2.29. The van der Waals surface area contributed by atoms with Crippen LogP contribution in [0.5, 0.6) is 0 Å². The molecule has 0 bridgehead atoms. The van der Waals surface area contributed by atoms with Crippen LogP contribution >= 0.6 is 0 Å². The van der Waals surface area contributed by atoms with Crippen LogP contribution in [-0.4, -0.2) is 50.0 Å². The molecule has 0 rings (SSSR count). The number of rotatable bonds is 8. The summed E-state index contributed by atoms with van der Waals surface area (Å²) in [6.07, 6.45) is 0.0228. The van der Waals surface area contributed by atoms with E-state index in [-0.39, 0.29) is 25.4 Å². The van der Waals surface area contributed by atoms with Crippen molar-refractivity contribution < 1.29 is 24.2 Å². The second kappa shape index (κ2) is 7.19. The Morgan fingerprint density at radius 1 is 1.31 bits per heavy atom. The summed E-state index contributed by atoms with van der Waals surface area (Å²) in [6.45, 7) is 2.09. The maximum absolute atomic E-state index is 11.4. The molecule has 1 unspecified atom stereocenters. The Balaban J connectivity index is 4.30. The number of nitrogens with one attached hydrogen (secondary N) is 1. The first kappa shape index (κ1) is 14.9. The number of amides is 1. The molecule has 0 aliphatic carbocycles. The van der Waals surface area contributed by atoms with Crippen molar-refractivity contribution in [3.8, 4) is 0 Å². The van der Waals surface area contributed by atoms with Gasteiger partial charge in [-0.15, -0.1) is 0 Å². The maximum Gasteiger partial charge on any atom is 0.305 e. The summed E-state index contributed by atoms with van der Waals surface area (Å²) >= 11 is 0. The third-order valence-electron chi connectivity index (χ3n) is 1.98. The molecule has 6 nitrogen and oxygen atoms in total. The van der Waals surface area contributed by atoms with Crippen LogP contribution in [0.15, 0.2) is 0 Å². The Morgan fingerprint density at radius 3 is 2.38 bits per heavy atom. The molecule has 0 radical (unpaired) electrons. The molecule has 0 aliphatic rings. The van der Waals surface area contributed by atoms with Gasteiger partial charge in [-0.2, -0.15) is 0 Å². The van der Waals surface area contributed by atoms with Crippen molar-refractivity contribution in [2.75, 3.05) is 27.4 Å². The Labute approximate surface area is 94.9 Å². The fourth-order valence-corrected chi connectivity index (χ4v) is 1.38. The number of ether oxygens (including phenoxy) is 2. The minimum absolute atomic E-state index is 0.151. The van der Waals surface area contributed by atoms with E-state index in [1.807, 2.05) is 0 Å². The van der Waals surface area contributed by atoms with E-state index in [4.69, 9.17) is 14.6 Å². The first-order chi connectivity index (χ1) is 7.43. The second-order valence-electron chi connectivity index (χ2n) is 3.86. The number of carbonyl (C=O) groups excluding carboxylic acids is 1. The average molecular weight is 233 g/mol. The molecule has 1 atom stereocenters. The van der Waals surface area contributed by atoms with Crippen molar-refractivity contribution in [1.82, 2.24) is 5.32 Å². The molecule has 0 fully saturated rings. The smallest absolute Gasteiger partial charge is 0.305 e. The molecule has 94 valence electrons. The maximum atomic E-state index is 11.4. The summed E-state index contributed by atoms with van der Waals surface area (Å²) in [5.74, 6) is -1.23. The van der Waals surface area contributed by atoms with Crippen LogP contribution in [-0.2, 0) is 19.1 Å². The van der Waals surface area contributed by atoms with Gasteiger partial charge < -0.3 is 19.9 Å². The molecular weight excluding hydrogens is 214 g/mol. The first-order valence-corrected chi connectivity index (χ1v) is 4.94. The zero-order valence-electron chi connectivity index (χ0n) is 9.91. The minimum atomic E-state index is -0.980. The zero-order chi connectivity index (χ0) is 12.6. The minimum Gasteiger partial charge on any atom is -0.481 e. The predicted octanol–water partition coefficient (Wildman–Crippen LogP) is 0.0189. The Hall–Kier alpha value is -1.14. The van der Waals surface area contributed by atoms with Gasteiger partial charge in [0.2, 0.25) is 5.91 Å².